The highest BCUT2D eigenvalue weighted by Crippen LogP contribution is 2.27. The van der Waals surface area contributed by atoms with Crippen LogP contribution in [0.15, 0.2) is 89.7 Å². The van der Waals surface area contributed by atoms with Gasteiger partial charge in [-0.3, -0.25) is 4.79 Å². The lowest BCUT2D eigenvalue weighted by atomic mass is 10.00. The Morgan fingerprint density at radius 1 is 0.900 bits per heavy atom. The van der Waals surface area contributed by atoms with Crippen molar-refractivity contribution in [3.63, 3.8) is 0 Å². The molecule has 0 atom stereocenters. The van der Waals surface area contributed by atoms with Gasteiger partial charge in [-0.05, 0) is 49.8 Å². The molecule has 4 rings (SSSR count). The second-order valence-corrected chi connectivity index (χ2v) is 6.94. The van der Waals surface area contributed by atoms with Crippen LogP contribution in [0, 0.1) is 0 Å². The van der Waals surface area contributed by atoms with Crippen molar-refractivity contribution in [2.75, 3.05) is 23.0 Å². The lowest BCUT2D eigenvalue weighted by molar-refractivity contribution is -0.114. The largest absolute Gasteiger partial charge is 0.372 e. The fourth-order valence-corrected chi connectivity index (χ4v) is 3.53. The molecule has 5 nitrogen and oxygen atoms in total. The van der Waals surface area contributed by atoms with Crippen LogP contribution >= 0.6 is 0 Å². The molecule has 1 aliphatic heterocycles. The average Bonchev–Trinajstić information content (AvgIpc) is 3.13. The molecule has 1 aliphatic rings. The first kappa shape index (κ1) is 19.6. The molecule has 2 aromatic carbocycles. The predicted octanol–water partition coefficient (Wildman–Crippen LogP) is 4.76. The summed E-state index contributed by atoms with van der Waals surface area (Å²) in [4.78, 5) is 19.8. The number of nitrogens with zero attached hydrogens (tertiary/aromatic N) is 4. The fourth-order valence-electron chi connectivity index (χ4n) is 3.53. The van der Waals surface area contributed by atoms with E-state index in [0.717, 1.165) is 24.2 Å². The number of amides is 1. The summed E-state index contributed by atoms with van der Waals surface area (Å²) >= 11 is 0. The quantitative estimate of drug-likeness (QED) is 0.564. The number of pyridine rings is 1. The molecule has 1 amide bonds. The number of benzene rings is 2. The van der Waals surface area contributed by atoms with Gasteiger partial charge < -0.3 is 4.90 Å². The van der Waals surface area contributed by atoms with Gasteiger partial charge in [0.2, 0.25) is 0 Å². The van der Waals surface area contributed by atoms with Crippen LogP contribution < -0.4 is 9.91 Å². The second-order valence-electron chi connectivity index (χ2n) is 6.94. The molecule has 3 aromatic rings. The summed E-state index contributed by atoms with van der Waals surface area (Å²) in [6.07, 6.45) is 3.57. The summed E-state index contributed by atoms with van der Waals surface area (Å²) < 4.78 is 0. The Morgan fingerprint density at radius 3 is 2.23 bits per heavy atom. The third-order valence-electron chi connectivity index (χ3n) is 5.12. The van der Waals surface area contributed by atoms with E-state index in [-0.39, 0.29) is 5.91 Å². The van der Waals surface area contributed by atoms with Crippen LogP contribution in [0.25, 0.3) is 6.08 Å². The van der Waals surface area contributed by atoms with Crippen molar-refractivity contribution in [1.29, 1.82) is 0 Å². The summed E-state index contributed by atoms with van der Waals surface area (Å²) in [6, 6.07) is 23.5. The summed E-state index contributed by atoms with van der Waals surface area (Å²) in [5.41, 5.74) is 4.24. The van der Waals surface area contributed by atoms with E-state index in [2.05, 4.69) is 41.0 Å². The number of aromatic nitrogens is 1. The molecular weight excluding hydrogens is 372 g/mol. The van der Waals surface area contributed by atoms with Crippen LogP contribution in [0.1, 0.15) is 25.0 Å². The Kier molecular flexibility index (Phi) is 5.70. The number of hydrogen-bond donors (Lipinski definition) is 0. The first-order valence-corrected chi connectivity index (χ1v) is 10.2. The summed E-state index contributed by atoms with van der Waals surface area (Å²) in [5.74, 6) is 0.330. The van der Waals surface area contributed by atoms with E-state index in [9.17, 15) is 4.79 Å². The fraction of sp³-hybridized carbons (Fsp3) is 0.160. The van der Waals surface area contributed by atoms with Crippen molar-refractivity contribution < 1.29 is 4.79 Å². The molecule has 1 aromatic heterocycles. The Morgan fingerprint density at radius 2 is 1.60 bits per heavy atom. The lowest BCUT2D eigenvalue weighted by Gasteiger charge is -2.20. The highest BCUT2D eigenvalue weighted by molar-refractivity contribution is 6.37. The number of carbonyl (C=O) groups is 1. The van der Waals surface area contributed by atoms with Crippen LogP contribution in [0.2, 0.25) is 0 Å². The standard InChI is InChI=1S/C25H24N4O/c1-3-28(4-2)21-15-13-19(14-16-21)18-22-24(20-10-6-5-7-11-20)27-29(25(22)30)23-12-8-9-17-26-23/h5-18H,3-4H2,1-2H3. The maximum Gasteiger partial charge on any atom is 0.282 e. The number of anilines is 2. The first-order chi connectivity index (χ1) is 14.7. The van der Waals surface area contributed by atoms with Gasteiger partial charge in [0.25, 0.3) is 5.91 Å². The van der Waals surface area contributed by atoms with Crippen molar-refractivity contribution in [1.82, 2.24) is 4.98 Å². The maximum absolute atomic E-state index is 13.3. The zero-order valence-corrected chi connectivity index (χ0v) is 17.2. The first-order valence-electron chi connectivity index (χ1n) is 10.2. The molecule has 0 saturated heterocycles. The number of hydrazone groups is 1. The van der Waals surface area contributed by atoms with Gasteiger partial charge in [0.1, 0.15) is 5.71 Å². The minimum atomic E-state index is -0.180. The lowest BCUT2D eigenvalue weighted by Crippen LogP contribution is -2.22. The summed E-state index contributed by atoms with van der Waals surface area (Å²) in [6.45, 7) is 6.20. The molecule has 0 unspecified atom stereocenters. The van der Waals surface area contributed by atoms with Crippen molar-refractivity contribution in [2.24, 2.45) is 5.10 Å². The molecule has 0 saturated carbocycles. The van der Waals surface area contributed by atoms with E-state index in [0.29, 0.717) is 17.1 Å². The summed E-state index contributed by atoms with van der Waals surface area (Å²) in [7, 11) is 0. The monoisotopic (exact) mass is 396 g/mol. The highest BCUT2D eigenvalue weighted by Gasteiger charge is 2.32. The van der Waals surface area contributed by atoms with E-state index < -0.39 is 0 Å². The Balaban J connectivity index is 1.73. The molecule has 150 valence electrons. The van der Waals surface area contributed by atoms with Gasteiger partial charge in [-0.25, -0.2) is 4.98 Å². The molecule has 0 bridgehead atoms. The SMILES string of the molecule is CCN(CC)c1ccc(C=C2C(=O)N(c3ccccn3)N=C2c2ccccc2)cc1. The minimum absolute atomic E-state index is 0.180. The molecule has 0 fully saturated rings. The molecular formula is C25H24N4O. The zero-order chi connectivity index (χ0) is 20.9. The van der Waals surface area contributed by atoms with Crippen LogP contribution in [0.5, 0.6) is 0 Å². The molecule has 0 N–H and O–H groups in total. The average molecular weight is 396 g/mol. The van der Waals surface area contributed by atoms with E-state index in [1.807, 2.05) is 60.7 Å². The molecule has 0 aliphatic carbocycles. The molecule has 2 heterocycles. The van der Waals surface area contributed by atoms with Crippen LogP contribution in [-0.2, 0) is 4.79 Å². The predicted molar refractivity (Wildman–Crippen MR) is 123 cm³/mol. The maximum atomic E-state index is 13.3. The van der Waals surface area contributed by atoms with Gasteiger partial charge in [-0.2, -0.15) is 10.1 Å². The van der Waals surface area contributed by atoms with Crippen LogP contribution in [-0.4, -0.2) is 29.7 Å². The van der Waals surface area contributed by atoms with Crippen molar-refractivity contribution >= 4 is 29.2 Å². The Labute approximate surface area is 177 Å². The number of carbonyl (C=O) groups excluding carboxylic acids is 1. The van der Waals surface area contributed by atoms with Gasteiger partial charge in [0.05, 0.1) is 5.57 Å². The summed E-state index contributed by atoms with van der Waals surface area (Å²) in [5, 5.41) is 5.99. The van der Waals surface area contributed by atoms with E-state index in [4.69, 9.17) is 0 Å². The number of hydrogen-bond acceptors (Lipinski definition) is 4. The molecule has 0 spiro atoms. The number of rotatable bonds is 6. The zero-order valence-electron chi connectivity index (χ0n) is 17.2. The van der Waals surface area contributed by atoms with Gasteiger partial charge in [0, 0.05) is 30.5 Å². The topological polar surface area (TPSA) is 48.8 Å². The molecule has 5 heteroatoms. The van der Waals surface area contributed by atoms with E-state index >= 15 is 0 Å². The Hall–Kier alpha value is -3.73. The van der Waals surface area contributed by atoms with Crippen LogP contribution in [0.3, 0.4) is 0 Å². The normalized spacial score (nSPS) is 14.9. The van der Waals surface area contributed by atoms with Crippen molar-refractivity contribution in [2.45, 2.75) is 13.8 Å². The Bertz CT molecular complexity index is 1070. The van der Waals surface area contributed by atoms with E-state index in [1.54, 1.807) is 12.3 Å². The highest BCUT2D eigenvalue weighted by atomic mass is 16.2. The third-order valence-corrected chi connectivity index (χ3v) is 5.12. The third kappa shape index (κ3) is 3.87. The molecule has 30 heavy (non-hydrogen) atoms. The van der Waals surface area contributed by atoms with Gasteiger partial charge in [-0.1, -0.05) is 48.5 Å². The van der Waals surface area contributed by atoms with Crippen molar-refractivity contribution in [3.05, 3.63) is 95.7 Å². The van der Waals surface area contributed by atoms with E-state index in [1.165, 1.54) is 10.7 Å². The van der Waals surface area contributed by atoms with Gasteiger partial charge in [-0.15, -0.1) is 0 Å². The van der Waals surface area contributed by atoms with Gasteiger partial charge >= 0.3 is 0 Å². The minimum Gasteiger partial charge on any atom is -0.372 e. The molecule has 0 radical (unpaired) electrons. The second kappa shape index (κ2) is 8.74. The van der Waals surface area contributed by atoms with Gasteiger partial charge in [0.15, 0.2) is 5.82 Å². The smallest absolute Gasteiger partial charge is 0.282 e. The van der Waals surface area contributed by atoms with Crippen LogP contribution in [0.4, 0.5) is 11.5 Å². The van der Waals surface area contributed by atoms with Crippen molar-refractivity contribution in [3.8, 4) is 0 Å².